The molecule has 2 N–H and O–H groups in total. The first kappa shape index (κ1) is 23.7. The van der Waals surface area contributed by atoms with Crippen LogP contribution >= 0.6 is 0 Å². The van der Waals surface area contributed by atoms with Gasteiger partial charge in [0.1, 0.15) is 30.3 Å². The zero-order valence-corrected chi connectivity index (χ0v) is 19.5. The van der Waals surface area contributed by atoms with E-state index in [0.29, 0.717) is 31.5 Å². The van der Waals surface area contributed by atoms with Gasteiger partial charge in [-0.3, -0.25) is 9.97 Å². The molecule has 8 nitrogen and oxygen atoms in total. The highest BCUT2D eigenvalue weighted by Crippen LogP contribution is 2.32. The Balaban J connectivity index is 1.18. The third kappa shape index (κ3) is 5.14. The van der Waals surface area contributed by atoms with Crippen LogP contribution in [0.2, 0.25) is 0 Å². The molecule has 2 aliphatic heterocycles. The van der Waals surface area contributed by atoms with Crippen LogP contribution in [-0.2, 0) is 6.54 Å². The number of aliphatic hydroxyl groups is 1. The van der Waals surface area contributed by atoms with Gasteiger partial charge in [0.2, 0.25) is 0 Å². The number of fused-ring (bicyclic) bond motifs is 2. The summed E-state index contributed by atoms with van der Waals surface area (Å²) in [4.78, 5) is 10.4. The minimum Gasteiger partial charge on any atom is -0.497 e. The van der Waals surface area contributed by atoms with E-state index in [0.717, 1.165) is 43.6 Å². The van der Waals surface area contributed by atoms with Gasteiger partial charge in [-0.2, -0.15) is 0 Å². The topological polar surface area (TPSA) is 89.0 Å². The van der Waals surface area contributed by atoms with Crippen molar-refractivity contribution in [3.63, 3.8) is 0 Å². The number of likely N-dealkylation sites (tertiary alicyclic amines) is 1. The Bertz CT molecular complexity index is 1200. The van der Waals surface area contributed by atoms with E-state index in [1.54, 1.807) is 6.20 Å². The Morgan fingerprint density at radius 1 is 1.09 bits per heavy atom. The number of hydrogen-bond donors (Lipinski definition) is 2. The molecule has 2 aliphatic rings. The Hall–Kier alpha value is -3.08. The first-order valence-corrected chi connectivity index (χ1v) is 11.7. The third-order valence-corrected chi connectivity index (χ3v) is 6.54. The van der Waals surface area contributed by atoms with Gasteiger partial charge < -0.3 is 29.5 Å². The molecule has 186 valence electrons. The van der Waals surface area contributed by atoms with E-state index in [2.05, 4.69) is 20.2 Å². The van der Waals surface area contributed by atoms with Crippen LogP contribution < -0.4 is 19.5 Å². The molecule has 0 saturated carbocycles. The molecule has 0 spiro atoms. The summed E-state index contributed by atoms with van der Waals surface area (Å²) in [6.07, 6.45) is 3.27. The first-order chi connectivity index (χ1) is 17.0. The number of halogens is 2. The van der Waals surface area contributed by atoms with Crippen molar-refractivity contribution >= 4 is 10.9 Å². The Morgan fingerprint density at radius 3 is 2.63 bits per heavy atom. The molecule has 2 aromatic heterocycles. The SMILES string of the molecule is COc1cc(F)c2ncc(F)c([C@@H](O)CN3CCC(NCc4cc5c(cn4)OCCO5)CC3)c2c1. The fourth-order valence-corrected chi connectivity index (χ4v) is 4.68. The minimum atomic E-state index is -1.13. The molecule has 10 heteroatoms. The summed E-state index contributed by atoms with van der Waals surface area (Å²) in [7, 11) is 1.41. The summed E-state index contributed by atoms with van der Waals surface area (Å²) in [6, 6.07) is 4.91. The van der Waals surface area contributed by atoms with Crippen LogP contribution in [0.25, 0.3) is 10.9 Å². The summed E-state index contributed by atoms with van der Waals surface area (Å²) in [5, 5.41) is 14.7. The molecule has 0 aliphatic carbocycles. The number of piperidine rings is 1. The van der Waals surface area contributed by atoms with Crippen molar-refractivity contribution < 1.29 is 28.1 Å². The van der Waals surface area contributed by atoms with Crippen LogP contribution in [0.15, 0.2) is 30.6 Å². The molecule has 1 aromatic carbocycles. The fraction of sp³-hybridized carbons (Fsp3) is 0.440. The lowest BCUT2D eigenvalue weighted by Gasteiger charge is -2.33. The molecule has 0 amide bonds. The number of pyridine rings is 2. The quantitative estimate of drug-likeness (QED) is 0.527. The number of nitrogens with zero attached hydrogens (tertiary/aromatic N) is 3. The van der Waals surface area contributed by atoms with Crippen molar-refractivity contribution in [2.45, 2.75) is 31.5 Å². The smallest absolute Gasteiger partial charge is 0.179 e. The maximum absolute atomic E-state index is 14.7. The molecule has 0 radical (unpaired) electrons. The predicted molar refractivity (Wildman–Crippen MR) is 125 cm³/mol. The highest BCUT2D eigenvalue weighted by Gasteiger charge is 2.25. The van der Waals surface area contributed by atoms with Crippen molar-refractivity contribution in [2.24, 2.45) is 0 Å². The molecule has 0 bridgehead atoms. The summed E-state index contributed by atoms with van der Waals surface area (Å²) in [5.41, 5.74) is 0.935. The highest BCUT2D eigenvalue weighted by atomic mass is 19.1. The summed E-state index contributed by atoms with van der Waals surface area (Å²) in [5.74, 6) is 0.357. The number of methoxy groups -OCH3 is 1. The van der Waals surface area contributed by atoms with Crippen molar-refractivity contribution in [1.29, 1.82) is 0 Å². The molecule has 4 heterocycles. The molecule has 1 atom stereocenters. The maximum Gasteiger partial charge on any atom is 0.179 e. The third-order valence-electron chi connectivity index (χ3n) is 6.54. The lowest BCUT2D eigenvalue weighted by atomic mass is 10.00. The minimum absolute atomic E-state index is 0.0110. The molecule has 0 unspecified atom stereocenters. The predicted octanol–water partition coefficient (Wildman–Crippen LogP) is 2.98. The number of β-amino-alcohol motifs (C(OH)–C–C–N with tert-alkyl or cyclic N) is 1. The number of rotatable bonds is 7. The first-order valence-electron chi connectivity index (χ1n) is 11.7. The van der Waals surface area contributed by atoms with Crippen LogP contribution in [-0.4, -0.2) is 66.0 Å². The Morgan fingerprint density at radius 2 is 1.86 bits per heavy atom. The Labute approximate surface area is 201 Å². The molecule has 1 saturated heterocycles. The number of benzene rings is 1. The van der Waals surface area contributed by atoms with Crippen molar-refractivity contribution in [2.75, 3.05) is 40.0 Å². The van der Waals surface area contributed by atoms with Gasteiger partial charge in [-0.05, 0) is 32.0 Å². The van der Waals surface area contributed by atoms with Crippen LogP contribution in [0.4, 0.5) is 8.78 Å². The van der Waals surface area contributed by atoms with Gasteiger partial charge in [-0.25, -0.2) is 8.78 Å². The van der Waals surface area contributed by atoms with Crippen LogP contribution in [0.3, 0.4) is 0 Å². The van der Waals surface area contributed by atoms with Crippen LogP contribution in [0.5, 0.6) is 17.2 Å². The van der Waals surface area contributed by atoms with Crippen LogP contribution in [0, 0.1) is 11.6 Å². The van der Waals surface area contributed by atoms with E-state index in [4.69, 9.17) is 14.2 Å². The van der Waals surface area contributed by atoms with E-state index >= 15 is 0 Å². The average Bonchev–Trinajstić information content (AvgIpc) is 2.87. The van der Waals surface area contributed by atoms with Gasteiger partial charge in [0, 0.05) is 42.2 Å². The summed E-state index contributed by atoms with van der Waals surface area (Å²) < 4.78 is 45.3. The second-order valence-corrected chi connectivity index (χ2v) is 8.82. The molecule has 1 fully saturated rings. The number of aliphatic hydroxyl groups excluding tert-OH is 1. The zero-order chi connectivity index (χ0) is 24.4. The Kier molecular flexibility index (Phi) is 6.94. The summed E-state index contributed by atoms with van der Waals surface area (Å²) >= 11 is 0. The van der Waals surface area contributed by atoms with Gasteiger partial charge in [0.05, 0.1) is 31.3 Å². The van der Waals surface area contributed by atoms with E-state index in [1.807, 2.05) is 6.07 Å². The van der Waals surface area contributed by atoms with Gasteiger partial charge in [0.15, 0.2) is 17.3 Å². The number of nitrogens with one attached hydrogen (secondary N) is 1. The molecule has 5 rings (SSSR count). The largest absolute Gasteiger partial charge is 0.497 e. The van der Waals surface area contributed by atoms with Crippen molar-refractivity contribution in [3.05, 3.63) is 53.5 Å². The van der Waals surface area contributed by atoms with E-state index in [9.17, 15) is 13.9 Å². The van der Waals surface area contributed by atoms with E-state index < -0.39 is 17.7 Å². The lowest BCUT2D eigenvalue weighted by Crippen LogP contribution is -2.43. The van der Waals surface area contributed by atoms with Crippen molar-refractivity contribution in [3.8, 4) is 17.2 Å². The van der Waals surface area contributed by atoms with Gasteiger partial charge in [-0.1, -0.05) is 0 Å². The number of ether oxygens (including phenoxy) is 3. The van der Waals surface area contributed by atoms with Gasteiger partial charge in [0.25, 0.3) is 0 Å². The molecular formula is C25H28F2N4O4. The second kappa shape index (κ2) is 10.3. The maximum atomic E-state index is 14.7. The normalized spacial score (nSPS) is 17.5. The highest BCUT2D eigenvalue weighted by molar-refractivity contribution is 5.84. The fourth-order valence-electron chi connectivity index (χ4n) is 4.68. The molecular weight excluding hydrogens is 458 g/mol. The van der Waals surface area contributed by atoms with Gasteiger partial charge >= 0.3 is 0 Å². The molecule has 3 aromatic rings. The van der Waals surface area contributed by atoms with E-state index in [-0.39, 0.29) is 28.8 Å². The molecule has 35 heavy (non-hydrogen) atoms. The summed E-state index contributed by atoms with van der Waals surface area (Å²) in [6.45, 7) is 3.42. The average molecular weight is 487 g/mol. The lowest BCUT2D eigenvalue weighted by molar-refractivity contribution is 0.0925. The monoisotopic (exact) mass is 486 g/mol. The standard InChI is InChI=1S/C25H28F2N4O4/c1-33-17-9-18-24(20(27)12-30-25(18)19(26)10-17)21(32)14-31-4-2-15(3-5-31)28-11-16-8-22-23(13-29-16)35-7-6-34-22/h8-10,12-13,15,21,28,32H,2-7,11,14H2,1H3/t21-/m0/s1. The second-order valence-electron chi connectivity index (χ2n) is 8.82. The number of aromatic nitrogens is 2. The van der Waals surface area contributed by atoms with E-state index in [1.165, 1.54) is 19.2 Å². The van der Waals surface area contributed by atoms with Gasteiger partial charge in [-0.15, -0.1) is 0 Å². The number of hydrogen-bond acceptors (Lipinski definition) is 8. The zero-order valence-electron chi connectivity index (χ0n) is 19.5. The van der Waals surface area contributed by atoms with Crippen molar-refractivity contribution in [1.82, 2.24) is 20.2 Å². The van der Waals surface area contributed by atoms with Crippen LogP contribution in [0.1, 0.15) is 30.2 Å².